The van der Waals surface area contributed by atoms with Gasteiger partial charge in [-0.25, -0.2) is 0 Å². The molecule has 3 aliphatic carbocycles. The first-order valence-corrected chi connectivity index (χ1v) is 8.56. The lowest BCUT2D eigenvalue weighted by molar-refractivity contribution is -0.356. The molecule has 0 aliphatic heterocycles. The molecule has 1 aromatic carbocycles. The van der Waals surface area contributed by atoms with Crippen LogP contribution in [-0.2, 0) is 11.4 Å². The molecule has 148 valence electrons. The number of nitriles is 2. The van der Waals surface area contributed by atoms with Crippen molar-refractivity contribution < 1.29 is 32.2 Å². The minimum absolute atomic E-state index is 0.0833. The number of ether oxygens (including phenoxy) is 1. The molecule has 0 spiro atoms. The SMILES string of the molecule is CC12CCC(C(=O)Oc3ccc(CO)c(C#N)c3C#N)(CC1)C(F)(F)C2(F)F. The average Bonchev–Trinajstić information content (AvgIpc) is 2.66. The molecule has 0 unspecified atom stereocenters. The smallest absolute Gasteiger partial charge is 0.326 e. The largest absolute Gasteiger partial charge is 0.424 e. The molecule has 0 amide bonds. The van der Waals surface area contributed by atoms with E-state index in [1.165, 1.54) is 6.07 Å². The van der Waals surface area contributed by atoms with Gasteiger partial charge in [-0.2, -0.15) is 28.1 Å². The van der Waals surface area contributed by atoms with Gasteiger partial charge in [0.1, 0.15) is 28.9 Å². The van der Waals surface area contributed by atoms with Crippen LogP contribution in [0.5, 0.6) is 5.75 Å². The fourth-order valence-corrected chi connectivity index (χ4v) is 4.15. The third kappa shape index (κ3) is 2.29. The monoisotopic (exact) mass is 396 g/mol. The van der Waals surface area contributed by atoms with Crippen LogP contribution < -0.4 is 4.74 Å². The summed E-state index contributed by atoms with van der Waals surface area (Å²) in [5, 5.41) is 27.7. The lowest BCUT2D eigenvalue weighted by Crippen LogP contribution is -2.71. The van der Waals surface area contributed by atoms with Gasteiger partial charge in [-0.05, 0) is 37.3 Å². The van der Waals surface area contributed by atoms with Crippen molar-refractivity contribution in [2.75, 3.05) is 0 Å². The third-order valence-corrected chi connectivity index (χ3v) is 6.20. The van der Waals surface area contributed by atoms with Crippen molar-refractivity contribution in [3.63, 3.8) is 0 Å². The predicted octanol–water partition coefficient (Wildman–Crippen LogP) is 3.68. The zero-order valence-corrected chi connectivity index (χ0v) is 14.9. The van der Waals surface area contributed by atoms with E-state index in [2.05, 4.69) is 0 Å². The van der Waals surface area contributed by atoms with Crippen molar-refractivity contribution in [2.24, 2.45) is 10.8 Å². The molecule has 3 fully saturated rings. The van der Waals surface area contributed by atoms with Crippen molar-refractivity contribution in [2.45, 2.75) is 51.1 Å². The minimum Gasteiger partial charge on any atom is -0.424 e. The number of nitrogens with zero attached hydrogens (tertiary/aromatic N) is 2. The normalized spacial score (nSPS) is 29.6. The van der Waals surface area contributed by atoms with Gasteiger partial charge in [-0.3, -0.25) is 4.79 Å². The molecule has 5 nitrogen and oxygen atoms in total. The van der Waals surface area contributed by atoms with E-state index in [0.29, 0.717) is 0 Å². The van der Waals surface area contributed by atoms with E-state index in [-0.39, 0.29) is 24.0 Å². The molecule has 2 bridgehead atoms. The molecule has 28 heavy (non-hydrogen) atoms. The maximum atomic E-state index is 14.8. The Balaban J connectivity index is 2.03. The number of aliphatic hydroxyl groups is 1. The molecular weight excluding hydrogens is 380 g/mol. The number of carbonyl (C=O) groups is 1. The lowest BCUT2D eigenvalue weighted by atomic mass is 9.50. The Bertz CT molecular complexity index is 922. The summed E-state index contributed by atoms with van der Waals surface area (Å²) in [6, 6.07) is 5.59. The molecule has 0 atom stereocenters. The highest BCUT2D eigenvalue weighted by molar-refractivity contribution is 5.82. The van der Waals surface area contributed by atoms with E-state index in [9.17, 15) is 38.0 Å². The maximum absolute atomic E-state index is 14.8. The summed E-state index contributed by atoms with van der Waals surface area (Å²) in [7, 11) is 0. The Morgan fingerprint density at radius 2 is 1.64 bits per heavy atom. The number of esters is 1. The third-order valence-electron chi connectivity index (χ3n) is 6.20. The second kappa shape index (κ2) is 6.18. The first-order valence-electron chi connectivity index (χ1n) is 8.56. The molecule has 4 rings (SSSR count). The topological polar surface area (TPSA) is 94.1 Å². The van der Waals surface area contributed by atoms with E-state index in [4.69, 9.17) is 4.74 Å². The quantitative estimate of drug-likeness (QED) is 0.478. The number of carbonyl (C=O) groups excluding carboxylic acids is 1. The number of rotatable bonds is 3. The average molecular weight is 396 g/mol. The van der Waals surface area contributed by atoms with Gasteiger partial charge in [-0.1, -0.05) is 13.0 Å². The highest BCUT2D eigenvalue weighted by atomic mass is 19.3. The number of benzene rings is 1. The second-order valence-electron chi connectivity index (χ2n) is 7.54. The van der Waals surface area contributed by atoms with Crippen LogP contribution in [0.1, 0.15) is 49.3 Å². The summed E-state index contributed by atoms with van der Waals surface area (Å²) in [4.78, 5) is 12.7. The minimum atomic E-state index is -4.61. The Hall–Kier alpha value is -2.65. The van der Waals surface area contributed by atoms with Crippen LogP contribution in [-0.4, -0.2) is 22.9 Å². The number of halogens is 4. The first kappa shape index (κ1) is 20.1. The molecule has 3 saturated carbocycles. The van der Waals surface area contributed by atoms with E-state index in [1.807, 2.05) is 0 Å². The van der Waals surface area contributed by atoms with E-state index >= 15 is 0 Å². The molecule has 9 heteroatoms. The molecule has 0 heterocycles. The fraction of sp³-hybridized carbons (Fsp3) is 0.526. The van der Waals surface area contributed by atoms with E-state index in [0.717, 1.165) is 13.0 Å². The van der Waals surface area contributed by atoms with Gasteiger partial charge in [0.15, 0.2) is 0 Å². The summed E-state index contributed by atoms with van der Waals surface area (Å²) >= 11 is 0. The van der Waals surface area contributed by atoms with Crippen molar-refractivity contribution in [3.8, 4) is 17.9 Å². The van der Waals surface area contributed by atoms with Crippen LogP contribution in [0.2, 0.25) is 0 Å². The molecule has 0 saturated heterocycles. The van der Waals surface area contributed by atoms with Gasteiger partial charge in [0, 0.05) is 5.41 Å². The van der Waals surface area contributed by atoms with Gasteiger partial charge in [0.25, 0.3) is 0 Å². The van der Waals surface area contributed by atoms with Gasteiger partial charge in [0.2, 0.25) is 0 Å². The highest BCUT2D eigenvalue weighted by Crippen LogP contribution is 2.70. The first-order chi connectivity index (χ1) is 13.0. The maximum Gasteiger partial charge on any atom is 0.326 e. The number of aliphatic hydroxyl groups excluding tert-OH is 1. The molecule has 3 aliphatic rings. The Morgan fingerprint density at radius 1 is 1.07 bits per heavy atom. The summed E-state index contributed by atoms with van der Waals surface area (Å²) in [5.74, 6) is -11.0. The standard InChI is InChI=1S/C19H16F4N2O3/c1-16-4-6-17(7-5-16,19(22,23)18(16,20)21)15(27)28-14-3-2-11(10-26)12(8-24)13(14)9-25/h2-3,26H,4-7,10H2,1H3. The zero-order valence-electron chi connectivity index (χ0n) is 14.9. The van der Waals surface area contributed by atoms with Crippen LogP contribution in [0.25, 0.3) is 0 Å². The van der Waals surface area contributed by atoms with Crippen molar-refractivity contribution in [1.29, 1.82) is 10.5 Å². The van der Waals surface area contributed by atoms with Crippen LogP contribution in [0.15, 0.2) is 12.1 Å². The van der Waals surface area contributed by atoms with E-state index < -0.39 is 59.4 Å². The Kier molecular flexibility index (Phi) is 4.43. The Morgan fingerprint density at radius 3 is 2.14 bits per heavy atom. The number of fused-ring (bicyclic) bond motifs is 3. The number of hydrogen-bond donors (Lipinski definition) is 1. The molecule has 1 N–H and O–H groups in total. The van der Waals surface area contributed by atoms with E-state index in [1.54, 1.807) is 12.1 Å². The summed E-state index contributed by atoms with van der Waals surface area (Å²) in [6.07, 6.45) is -1.45. The molecular formula is C19H16F4N2O3. The predicted molar refractivity (Wildman–Crippen MR) is 86.3 cm³/mol. The van der Waals surface area contributed by atoms with Crippen molar-refractivity contribution >= 4 is 5.97 Å². The number of alkyl halides is 4. The van der Waals surface area contributed by atoms with Crippen LogP contribution in [0.3, 0.4) is 0 Å². The second-order valence-corrected chi connectivity index (χ2v) is 7.54. The molecule has 0 aromatic heterocycles. The van der Waals surface area contributed by atoms with Crippen molar-refractivity contribution in [1.82, 2.24) is 0 Å². The summed E-state index contributed by atoms with van der Waals surface area (Å²) in [6.45, 7) is 0.522. The van der Waals surface area contributed by atoms with Crippen LogP contribution in [0, 0.1) is 33.5 Å². The summed E-state index contributed by atoms with van der Waals surface area (Å²) in [5.41, 5.74) is -5.22. The van der Waals surface area contributed by atoms with Gasteiger partial charge < -0.3 is 9.84 Å². The van der Waals surface area contributed by atoms with Crippen molar-refractivity contribution in [3.05, 3.63) is 28.8 Å². The van der Waals surface area contributed by atoms with Crippen LogP contribution in [0.4, 0.5) is 17.6 Å². The van der Waals surface area contributed by atoms with Crippen LogP contribution >= 0.6 is 0 Å². The fourth-order valence-electron chi connectivity index (χ4n) is 4.15. The highest BCUT2D eigenvalue weighted by Gasteiger charge is 2.82. The molecule has 0 radical (unpaired) electrons. The zero-order chi connectivity index (χ0) is 21.0. The number of hydrogen-bond acceptors (Lipinski definition) is 5. The lowest BCUT2D eigenvalue weighted by Gasteiger charge is -2.58. The Labute approximate surface area is 158 Å². The molecule has 1 aromatic rings. The van der Waals surface area contributed by atoms with Gasteiger partial charge in [0.05, 0.1) is 12.2 Å². The van der Waals surface area contributed by atoms with Gasteiger partial charge in [-0.15, -0.1) is 0 Å². The summed E-state index contributed by atoms with van der Waals surface area (Å²) < 4.78 is 63.5. The van der Waals surface area contributed by atoms with Gasteiger partial charge >= 0.3 is 17.8 Å².